The minimum Gasteiger partial charge on any atom is -0.389 e. The molecule has 2 aliphatic rings. The number of carbonyl (C=O) groups excluding carboxylic acids is 2. The number of hydrogen-bond donors (Lipinski definition) is 2. The highest BCUT2D eigenvalue weighted by atomic mass is 19.1. The Hall–Kier alpha value is -1.99. The van der Waals surface area contributed by atoms with E-state index in [4.69, 9.17) is 4.74 Å². The predicted octanol–water partition coefficient (Wildman–Crippen LogP) is 2.84. The number of amides is 3. The summed E-state index contributed by atoms with van der Waals surface area (Å²) in [6.07, 6.45) is 1.17. The maximum Gasteiger partial charge on any atom is 0.325 e. The van der Waals surface area contributed by atoms with Crippen molar-refractivity contribution >= 4 is 11.9 Å². The van der Waals surface area contributed by atoms with Crippen molar-refractivity contribution in [2.24, 2.45) is 11.3 Å². The first-order valence-corrected chi connectivity index (χ1v) is 9.75. The molecule has 0 radical (unpaired) electrons. The molecule has 154 valence electrons. The minimum absolute atomic E-state index is 0.0134. The van der Waals surface area contributed by atoms with Gasteiger partial charge in [0.15, 0.2) is 0 Å². The van der Waals surface area contributed by atoms with Crippen molar-refractivity contribution < 1.29 is 23.8 Å². The number of ether oxygens (including phenoxy) is 1. The van der Waals surface area contributed by atoms with E-state index in [-0.39, 0.29) is 36.9 Å². The van der Waals surface area contributed by atoms with Gasteiger partial charge in [0.05, 0.1) is 25.9 Å². The molecule has 1 aromatic carbocycles. The van der Waals surface area contributed by atoms with E-state index in [0.29, 0.717) is 24.3 Å². The highest BCUT2D eigenvalue weighted by Gasteiger charge is 2.56. The molecular weight excluding hydrogens is 363 g/mol. The van der Waals surface area contributed by atoms with Gasteiger partial charge in [-0.25, -0.2) is 9.18 Å². The number of carbonyl (C=O) groups is 2. The van der Waals surface area contributed by atoms with Gasteiger partial charge in [-0.05, 0) is 36.7 Å². The van der Waals surface area contributed by atoms with Crippen LogP contribution in [0.4, 0.5) is 9.18 Å². The van der Waals surface area contributed by atoms with Crippen LogP contribution in [-0.4, -0.2) is 46.7 Å². The SMILES string of the molecule is C[C@@H]1CC(C)(C)C[C@@]2(C1)NC(=O)N(C[C@@H](O)COCc1ccccc1F)C2=O. The summed E-state index contributed by atoms with van der Waals surface area (Å²) in [5.41, 5.74) is -0.536. The van der Waals surface area contributed by atoms with Gasteiger partial charge in [0.25, 0.3) is 5.91 Å². The highest BCUT2D eigenvalue weighted by Crippen LogP contribution is 2.46. The van der Waals surface area contributed by atoms with E-state index in [1.54, 1.807) is 18.2 Å². The summed E-state index contributed by atoms with van der Waals surface area (Å²) in [5, 5.41) is 13.1. The van der Waals surface area contributed by atoms with Crippen LogP contribution in [0.3, 0.4) is 0 Å². The van der Waals surface area contributed by atoms with E-state index < -0.39 is 17.7 Å². The standard InChI is InChI=1S/C21H29FN2O4/c1-14-8-20(2,3)13-21(9-14)18(26)24(19(27)23-21)10-16(25)12-28-11-15-6-4-5-7-17(15)22/h4-7,14,16,25H,8-13H2,1-3H3,(H,23,27)/t14-,16-,21-/m1/s1. The summed E-state index contributed by atoms with van der Waals surface area (Å²) in [5.74, 6) is -0.325. The zero-order valence-electron chi connectivity index (χ0n) is 16.7. The number of imide groups is 1. The molecule has 0 unspecified atom stereocenters. The smallest absolute Gasteiger partial charge is 0.325 e. The lowest BCUT2D eigenvalue weighted by molar-refractivity contribution is -0.136. The number of β-amino-alcohol motifs (C(OH)–C–C–N with tert-alkyl or cyclic N) is 1. The fraction of sp³-hybridized carbons (Fsp3) is 0.619. The second-order valence-electron chi connectivity index (χ2n) is 9.04. The maximum absolute atomic E-state index is 13.6. The number of hydrogen-bond acceptors (Lipinski definition) is 4. The number of rotatable bonds is 6. The summed E-state index contributed by atoms with van der Waals surface area (Å²) >= 11 is 0. The Labute approximate surface area is 165 Å². The van der Waals surface area contributed by atoms with Crippen molar-refractivity contribution in [2.45, 2.75) is 58.3 Å². The molecule has 1 aromatic rings. The van der Waals surface area contributed by atoms with E-state index in [0.717, 1.165) is 11.3 Å². The third kappa shape index (κ3) is 4.36. The molecule has 1 spiro atoms. The van der Waals surface area contributed by atoms with Gasteiger partial charge < -0.3 is 15.2 Å². The molecule has 3 amide bonds. The first-order chi connectivity index (χ1) is 13.1. The monoisotopic (exact) mass is 392 g/mol. The van der Waals surface area contributed by atoms with Gasteiger partial charge in [0.1, 0.15) is 11.4 Å². The van der Waals surface area contributed by atoms with Gasteiger partial charge in [-0.1, -0.05) is 39.0 Å². The molecule has 2 N–H and O–H groups in total. The molecular formula is C21H29FN2O4. The number of urea groups is 1. The largest absolute Gasteiger partial charge is 0.389 e. The third-order valence-electron chi connectivity index (χ3n) is 5.54. The number of nitrogens with one attached hydrogen (secondary N) is 1. The van der Waals surface area contributed by atoms with Crippen molar-refractivity contribution in [3.63, 3.8) is 0 Å². The first-order valence-electron chi connectivity index (χ1n) is 9.75. The topological polar surface area (TPSA) is 78.9 Å². The van der Waals surface area contributed by atoms with Crippen molar-refractivity contribution in [1.29, 1.82) is 0 Å². The molecule has 3 atom stereocenters. The lowest BCUT2D eigenvalue weighted by Crippen LogP contribution is -2.54. The minimum atomic E-state index is -1.04. The first kappa shape index (κ1) is 20.7. The fourth-order valence-electron chi connectivity index (χ4n) is 4.86. The van der Waals surface area contributed by atoms with Crippen LogP contribution < -0.4 is 5.32 Å². The number of halogens is 1. The van der Waals surface area contributed by atoms with Crippen LogP contribution in [0.1, 0.15) is 45.6 Å². The van der Waals surface area contributed by atoms with Crippen molar-refractivity contribution in [1.82, 2.24) is 10.2 Å². The van der Waals surface area contributed by atoms with Crippen LogP contribution in [-0.2, 0) is 16.1 Å². The van der Waals surface area contributed by atoms with Gasteiger partial charge in [-0.2, -0.15) is 0 Å². The molecule has 7 heteroatoms. The van der Waals surface area contributed by atoms with Crippen LogP contribution >= 0.6 is 0 Å². The second kappa shape index (κ2) is 7.79. The molecule has 2 fully saturated rings. The molecule has 1 heterocycles. The lowest BCUT2D eigenvalue weighted by atomic mass is 9.64. The summed E-state index contributed by atoms with van der Waals surface area (Å²) < 4.78 is 19.0. The molecule has 28 heavy (non-hydrogen) atoms. The second-order valence-corrected chi connectivity index (χ2v) is 9.04. The number of nitrogens with zero attached hydrogens (tertiary/aromatic N) is 1. The Bertz CT molecular complexity index is 754. The molecule has 0 aromatic heterocycles. The zero-order chi connectivity index (χ0) is 20.5. The predicted molar refractivity (Wildman–Crippen MR) is 102 cm³/mol. The Morgan fingerprint density at radius 1 is 1.32 bits per heavy atom. The molecule has 1 saturated heterocycles. The molecule has 1 saturated carbocycles. The summed E-state index contributed by atoms with van der Waals surface area (Å²) in [4.78, 5) is 26.6. The molecule has 1 aliphatic heterocycles. The van der Waals surface area contributed by atoms with E-state index >= 15 is 0 Å². The van der Waals surface area contributed by atoms with Crippen LogP contribution in [0, 0.1) is 17.2 Å². The van der Waals surface area contributed by atoms with Gasteiger partial charge in [0.2, 0.25) is 0 Å². The van der Waals surface area contributed by atoms with Gasteiger partial charge in [-0.15, -0.1) is 0 Å². The van der Waals surface area contributed by atoms with Gasteiger partial charge >= 0.3 is 6.03 Å². The van der Waals surface area contributed by atoms with Gasteiger partial charge in [0, 0.05) is 5.56 Å². The zero-order valence-corrected chi connectivity index (χ0v) is 16.7. The van der Waals surface area contributed by atoms with Crippen LogP contribution in [0.2, 0.25) is 0 Å². The lowest BCUT2D eigenvalue weighted by Gasteiger charge is -2.43. The number of aliphatic hydroxyl groups is 1. The molecule has 3 rings (SSSR count). The summed E-state index contributed by atoms with van der Waals surface area (Å²) in [6, 6.07) is 5.78. The van der Waals surface area contributed by atoms with E-state index in [1.807, 2.05) is 0 Å². The average Bonchev–Trinajstić information content (AvgIpc) is 2.78. The van der Waals surface area contributed by atoms with Crippen molar-refractivity contribution in [3.8, 4) is 0 Å². The van der Waals surface area contributed by atoms with Crippen molar-refractivity contribution in [3.05, 3.63) is 35.6 Å². The van der Waals surface area contributed by atoms with Crippen LogP contribution in [0.25, 0.3) is 0 Å². The molecule has 6 nitrogen and oxygen atoms in total. The normalized spacial score (nSPS) is 27.9. The van der Waals surface area contributed by atoms with Crippen LogP contribution in [0.5, 0.6) is 0 Å². The third-order valence-corrected chi connectivity index (χ3v) is 5.54. The Balaban J connectivity index is 1.57. The van der Waals surface area contributed by atoms with Crippen molar-refractivity contribution in [2.75, 3.05) is 13.2 Å². The van der Waals surface area contributed by atoms with E-state index in [1.165, 1.54) is 6.07 Å². The summed E-state index contributed by atoms with van der Waals surface area (Å²) in [7, 11) is 0. The van der Waals surface area contributed by atoms with E-state index in [2.05, 4.69) is 26.1 Å². The average molecular weight is 392 g/mol. The molecule has 0 bridgehead atoms. The fourth-order valence-corrected chi connectivity index (χ4v) is 4.86. The quantitative estimate of drug-likeness (QED) is 0.730. The Morgan fingerprint density at radius 2 is 2.04 bits per heavy atom. The van der Waals surface area contributed by atoms with Gasteiger partial charge in [-0.3, -0.25) is 9.69 Å². The maximum atomic E-state index is 13.6. The summed E-state index contributed by atoms with van der Waals surface area (Å²) in [6.45, 7) is 6.09. The van der Waals surface area contributed by atoms with E-state index in [9.17, 15) is 19.1 Å². The number of aliphatic hydroxyl groups excluding tert-OH is 1. The Kier molecular flexibility index (Phi) is 5.77. The van der Waals surface area contributed by atoms with Crippen LogP contribution in [0.15, 0.2) is 24.3 Å². The Morgan fingerprint density at radius 3 is 2.71 bits per heavy atom. The number of benzene rings is 1. The molecule has 1 aliphatic carbocycles. The highest BCUT2D eigenvalue weighted by molar-refractivity contribution is 6.07.